The van der Waals surface area contributed by atoms with Gasteiger partial charge in [-0.15, -0.1) is 0 Å². The fourth-order valence-electron chi connectivity index (χ4n) is 1.46. The van der Waals surface area contributed by atoms with Gasteiger partial charge in [-0.3, -0.25) is 0 Å². The van der Waals surface area contributed by atoms with E-state index in [1.54, 1.807) is 19.2 Å². The summed E-state index contributed by atoms with van der Waals surface area (Å²) in [6.45, 7) is 0. The van der Waals surface area contributed by atoms with Crippen molar-refractivity contribution in [2.75, 3.05) is 12.8 Å². The van der Waals surface area contributed by atoms with Crippen LogP contribution in [0, 0.1) is 11.3 Å². The molecule has 6 heteroatoms. The van der Waals surface area contributed by atoms with Crippen molar-refractivity contribution >= 4 is 21.7 Å². The third kappa shape index (κ3) is 2.41. The van der Waals surface area contributed by atoms with Gasteiger partial charge in [0.1, 0.15) is 23.3 Å². The number of ether oxygens (including phenoxy) is 1. The highest BCUT2D eigenvalue weighted by atomic mass is 79.9. The number of nitrogens with zero attached hydrogens (tertiary/aromatic N) is 3. The molecule has 0 saturated carbocycles. The SMILES string of the molecule is COc1ccc(-c2nc(N)cc(C#N)n2)cc1Br. The molecule has 0 radical (unpaired) electrons. The molecule has 0 unspecified atom stereocenters. The fraction of sp³-hybridized carbons (Fsp3) is 0.0833. The molecule has 1 aromatic heterocycles. The number of nitrogen functional groups attached to an aromatic ring is 1. The van der Waals surface area contributed by atoms with Crippen LogP contribution in [0.1, 0.15) is 5.69 Å². The maximum Gasteiger partial charge on any atom is 0.163 e. The van der Waals surface area contributed by atoms with Gasteiger partial charge in [-0.2, -0.15) is 5.26 Å². The standard InChI is InChI=1S/C12H9BrN4O/c1-18-10-3-2-7(4-9(10)13)12-16-8(6-14)5-11(15)17-12/h2-5H,1H3,(H2,15,16,17). The van der Waals surface area contributed by atoms with E-state index in [1.807, 2.05) is 12.1 Å². The van der Waals surface area contributed by atoms with Crippen molar-refractivity contribution in [3.05, 3.63) is 34.4 Å². The highest BCUT2D eigenvalue weighted by molar-refractivity contribution is 9.10. The predicted octanol–water partition coefficient (Wildman–Crippen LogP) is 2.37. The van der Waals surface area contributed by atoms with Gasteiger partial charge >= 0.3 is 0 Å². The van der Waals surface area contributed by atoms with Crippen LogP contribution in [0.4, 0.5) is 5.82 Å². The average molecular weight is 305 g/mol. The second kappa shape index (κ2) is 5.02. The Morgan fingerprint density at radius 1 is 1.33 bits per heavy atom. The molecule has 0 aliphatic heterocycles. The summed E-state index contributed by atoms with van der Waals surface area (Å²) in [5, 5.41) is 8.85. The van der Waals surface area contributed by atoms with Gasteiger partial charge in [0, 0.05) is 11.6 Å². The lowest BCUT2D eigenvalue weighted by atomic mass is 10.2. The quantitative estimate of drug-likeness (QED) is 0.920. The summed E-state index contributed by atoms with van der Waals surface area (Å²) in [6.07, 6.45) is 0. The number of anilines is 1. The Morgan fingerprint density at radius 3 is 2.72 bits per heavy atom. The maximum atomic E-state index is 8.85. The Balaban J connectivity index is 2.52. The van der Waals surface area contributed by atoms with Crippen LogP contribution >= 0.6 is 15.9 Å². The van der Waals surface area contributed by atoms with E-state index < -0.39 is 0 Å². The third-order valence-electron chi connectivity index (χ3n) is 2.27. The lowest BCUT2D eigenvalue weighted by Gasteiger charge is -2.06. The smallest absolute Gasteiger partial charge is 0.163 e. The van der Waals surface area contributed by atoms with Gasteiger partial charge in [0.2, 0.25) is 0 Å². The van der Waals surface area contributed by atoms with Crippen LogP contribution in [0.2, 0.25) is 0 Å². The molecule has 2 rings (SSSR count). The van der Waals surface area contributed by atoms with Crippen LogP contribution in [0.5, 0.6) is 5.75 Å². The topological polar surface area (TPSA) is 84.8 Å². The Bertz CT molecular complexity index is 636. The molecule has 0 amide bonds. The van der Waals surface area contributed by atoms with Crippen LogP contribution in [0.25, 0.3) is 11.4 Å². The molecule has 0 spiro atoms. The summed E-state index contributed by atoms with van der Waals surface area (Å²) in [5.41, 5.74) is 6.62. The van der Waals surface area contributed by atoms with Gasteiger partial charge in [-0.25, -0.2) is 9.97 Å². The molecule has 90 valence electrons. The van der Waals surface area contributed by atoms with Crippen molar-refractivity contribution in [3.8, 4) is 23.2 Å². The van der Waals surface area contributed by atoms with Gasteiger partial charge in [0.05, 0.1) is 11.6 Å². The first-order valence-electron chi connectivity index (χ1n) is 5.02. The number of benzene rings is 1. The van der Waals surface area contributed by atoms with Crippen molar-refractivity contribution in [2.45, 2.75) is 0 Å². The van der Waals surface area contributed by atoms with E-state index >= 15 is 0 Å². The second-order valence-electron chi connectivity index (χ2n) is 3.46. The number of aromatic nitrogens is 2. The minimum Gasteiger partial charge on any atom is -0.496 e. The molecule has 0 saturated heterocycles. The molecule has 0 fully saturated rings. The monoisotopic (exact) mass is 304 g/mol. The van der Waals surface area contributed by atoms with E-state index in [0.717, 1.165) is 10.0 Å². The van der Waals surface area contributed by atoms with E-state index in [0.29, 0.717) is 11.6 Å². The largest absolute Gasteiger partial charge is 0.496 e. The molecule has 2 aromatic rings. The van der Waals surface area contributed by atoms with Gasteiger partial charge in [-0.05, 0) is 34.1 Å². The lowest BCUT2D eigenvalue weighted by Crippen LogP contribution is -1.98. The van der Waals surface area contributed by atoms with Gasteiger partial charge in [0.15, 0.2) is 5.82 Å². The van der Waals surface area contributed by atoms with E-state index in [9.17, 15) is 0 Å². The van der Waals surface area contributed by atoms with Crippen molar-refractivity contribution < 1.29 is 4.74 Å². The molecule has 0 bridgehead atoms. The molecular weight excluding hydrogens is 296 g/mol. The van der Waals surface area contributed by atoms with E-state index in [1.165, 1.54) is 6.07 Å². The Morgan fingerprint density at radius 2 is 2.11 bits per heavy atom. The molecule has 0 aliphatic rings. The number of hydrogen-bond acceptors (Lipinski definition) is 5. The van der Waals surface area contributed by atoms with Crippen molar-refractivity contribution in [3.63, 3.8) is 0 Å². The molecule has 1 heterocycles. The van der Waals surface area contributed by atoms with Crippen LogP contribution in [-0.2, 0) is 0 Å². The first-order chi connectivity index (χ1) is 8.63. The van der Waals surface area contributed by atoms with Crippen molar-refractivity contribution in [2.24, 2.45) is 0 Å². The minimum absolute atomic E-state index is 0.240. The minimum atomic E-state index is 0.240. The first kappa shape index (κ1) is 12.3. The second-order valence-corrected chi connectivity index (χ2v) is 4.32. The molecule has 0 aliphatic carbocycles. The van der Waals surface area contributed by atoms with Crippen molar-refractivity contribution in [1.82, 2.24) is 9.97 Å². The normalized spacial score (nSPS) is 9.83. The van der Waals surface area contributed by atoms with Crippen LogP contribution in [0.3, 0.4) is 0 Å². The number of hydrogen-bond donors (Lipinski definition) is 1. The molecule has 2 N–H and O–H groups in total. The van der Waals surface area contributed by atoms with Gasteiger partial charge in [-0.1, -0.05) is 0 Å². The van der Waals surface area contributed by atoms with E-state index in [4.69, 9.17) is 15.7 Å². The van der Waals surface area contributed by atoms with Crippen LogP contribution in [0.15, 0.2) is 28.7 Å². The predicted molar refractivity (Wildman–Crippen MR) is 70.8 cm³/mol. The Hall–Kier alpha value is -2.13. The summed E-state index contributed by atoms with van der Waals surface area (Å²) in [5.74, 6) is 1.39. The van der Waals surface area contributed by atoms with Gasteiger partial charge < -0.3 is 10.5 Å². The highest BCUT2D eigenvalue weighted by Crippen LogP contribution is 2.29. The number of nitrogens with two attached hydrogens (primary N) is 1. The van der Waals surface area contributed by atoms with Gasteiger partial charge in [0.25, 0.3) is 0 Å². The zero-order valence-electron chi connectivity index (χ0n) is 9.51. The summed E-state index contributed by atoms with van der Waals surface area (Å²) in [6, 6.07) is 8.79. The van der Waals surface area contributed by atoms with E-state index in [-0.39, 0.29) is 11.5 Å². The fourth-order valence-corrected chi connectivity index (χ4v) is 2.00. The average Bonchev–Trinajstić information content (AvgIpc) is 2.37. The third-order valence-corrected chi connectivity index (χ3v) is 2.89. The van der Waals surface area contributed by atoms with Crippen molar-refractivity contribution in [1.29, 1.82) is 5.26 Å². The molecule has 18 heavy (non-hydrogen) atoms. The number of rotatable bonds is 2. The molecule has 5 nitrogen and oxygen atoms in total. The maximum absolute atomic E-state index is 8.85. The Kier molecular flexibility index (Phi) is 3.44. The molecular formula is C12H9BrN4O. The summed E-state index contributed by atoms with van der Waals surface area (Å²) < 4.78 is 5.92. The van der Waals surface area contributed by atoms with E-state index in [2.05, 4.69) is 25.9 Å². The molecule has 0 atom stereocenters. The highest BCUT2D eigenvalue weighted by Gasteiger charge is 2.08. The van der Waals surface area contributed by atoms with Crippen LogP contribution in [-0.4, -0.2) is 17.1 Å². The summed E-state index contributed by atoms with van der Waals surface area (Å²) >= 11 is 3.38. The zero-order valence-corrected chi connectivity index (χ0v) is 11.1. The summed E-state index contributed by atoms with van der Waals surface area (Å²) in [4.78, 5) is 8.21. The number of methoxy groups -OCH3 is 1. The first-order valence-corrected chi connectivity index (χ1v) is 5.82. The summed E-state index contributed by atoms with van der Waals surface area (Å²) in [7, 11) is 1.59. The number of nitriles is 1. The number of halogens is 1. The molecule has 1 aromatic carbocycles. The lowest BCUT2D eigenvalue weighted by molar-refractivity contribution is 0.412. The Labute approximate surface area is 112 Å². The zero-order chi connectivity index (χ0) is 13.1. The van der Waals surface area contributed by atoms with Crippen LogP contribution < -0.4 is 10.5 Å².